The van der Waals surface area contributed by atoms with Gasteiger partial charge in [0.25, 0.3) is 0 Å². The molecule has 2 atom stereocenters. The second-order valence-corrected chi connectivity index (χ2v) is 8.36. The number of urea groups is 1. The first kappa shape index (κ1) is 20.2. The van der Waals surface area contributed by atoms with E-state index in [2.05, 4.69) is 33.9 Å². The molecule has 2 aromatic heterocycles. The predicted octanol–water partition coefficient (Wildman–Crippen LogP) is 5.90. The number of aromatic nitrogens is 1. The molecule has 6 heteroatoms. The summed E-state index contributed by atoms with van der Waals surface area (Å²) in [6.07, 6.45) is 2.03. The lowest BCUT2D eigenvalue weighted by Gasteiger charge is -2.27. The van der Waals surface area contributed by atoms with Crippen molar-refractivity contribution in [3.8, 4) is 0 Å². The first-order chi connectivity index (χ1) is 14.5. The van der Waals surface area contributed by atoms with Crippen LogP contribution in [0.2, 0.25) is 0 Å². The Hall–Kier alpha value is -3.12. The van der Waals surface area contributed by atoms with Gasteiger partial charge in [-0.1, -0.05) is 36.4 Å². The maximum Gasteiger partial charge on any atom is 0.317 e. The minimum atomic E-state index is -0.282. The molecule has 2 heterocycles. The molecule has 2 unspecified atom stereocenters. The first-order valence-electron chi connectivity index (χ1n) is 9.90. The molecule has 30 heavy (non-hydrogen) atoms. The number of carbonyl (C=O) groups excluding carboxylic acids is 1. The van der Waals surface area contributed by atoms with Gasteiger partial charge in [0.05, 0.1) is 6.04 Å². The number of benzene rings is 2. The Labute approximate surface area is 179 Å². The highest BCUT2D eigenvalue weighted by Gasteiger charge is 2.22. The van der Waals surface area contributed by atoms with Gasteiger partial charge in [0, 0.05) is 41.5 Å². The summed E-state index contributed by atoms with van der Waals surface area (Å²) in [4.78, 5) is 19.1. The number of para-hydroxylation sites is 1. The predicted molar refractivity (Wildman–Crippen MR) is 120 cm³/mol. The average molecular weight is 422 g/mol. The van der Waals surface area contributed by atoms with Crippen molar-refractivity contribution in [3.05, 3.63) is 94.1 Å². The van der Waals surface area contributed by atoms with Crippen LogP contribution in [-0.2, 0) is 0 Å². The van der Waals surface area contributed by atoms with E-state index in [-0.39, 0.29) is 23.8 Å². The molecular weight excluding hydrogens is 397 g/mol. The van der Waals surface area contributed by atoms with Crippen LogP contribution in [0.4, 0.5) is 9.18 Å². The second kappa shape index (κ2) is 8.71. The van der Waals surface area contributed by atoms with E-state index in [1.807, 2.05) is 31.3 Å². The van der Waals surface area contributed by atoms with Crippen LogP contribution in [0.5, 0.6) is 0 Å². The fraction of sp³-hybridized carbons (Fsp3) is 0.208. The minimum Gasteiger partial charge on any atom is -0.361 e. The van der Waals surface area contributed by atoms with Gasteiger partial charge in [-0.3, -0.25) is 0 Å². The topological polar surface area (TPSA) is 48.1 Å². The van der Waals surface area contributed by atoms with E-state index in [4.69, 9.17) is 0 Å². The van der Waals surface area contributed by atoms with Gasteiger partial charge >= 0.3 is 6.03 Å². The Bertz CT molecular complexity index is 1120. The Kier molecular flexibility index (Phi) is 5.86. The normalized spacial score (nSPS) is 13.2. The highest BCUT2D eigenvalue weighted by atomic mass is 32.1. The molecule has 0 saturated carbocycles. The maximum atomic E-state index is 13.2. The molecule has 0 aliphatic rings. The Morgan fingerprint density at radius 3 is 2.63 bits per heavy atom. The molecule has 4 aromatic rings. The lowest BCUT2D eigenvalue weighted by Crippen LogP contribution is -2.40. The molecule has 0 saturated heterocycles. The van der Waals surface area contributed by atoms with Gasteiger partial charge in [0.15, 0.2) is 0 Å². The summed E-state index contributed by atoms with van der Waals surface area (Å²) >= 11 is 1.69. The summed E-state index contributed by atoms with van der Waals surface area (Å²) in [7, 11) is 1.76. The van der Waals surface area contributed by atoms with Crippen molar-refractivity contribution in [2.75, 3.05) is 13.6 Å². The molecule has 0 bridgehead atoms. The van der Waals surface area contributed by atoms with Gasteiger partial charge in [0.2, 0.25) is 0 Å². The molecule has 0 radical (unpaired) electrons. The van der Waals surface area contributed by atoms with Crippen LogP contribution < -0.4 is 5.32 Å². The van der Waals surface area contributed by atoms with Crippen molar-refractivity contribution >= 4 is 28.3 Å². The van der Waals surface area contributed by atoms with E-state index < -0.39 is 0 Å². The van der Waals surface area contributed by atoms with E-state index in [1.165, 1.54) is 22.6 Å². The van der Waals surface area contributed by atoms with Gasteiger partial charge in [-0.2, -0.15) is 0 Å². The number of fused-ring (bicyclic) bond motifs is 1. The van der Waals surface area contributed by atoms with Crippen LogP contribution in [0.25, 0.3) is 10.9 Å². The molecule has 0 fully saturated rings. The molecule has 2 N–H and O–H groups in total. The Morgan fingerprint density at radius 1 is 1.13 bits per heavy atom. The lowest BCUT2D eigenvalue weighted by atomic mass is 9.97. The molecule has 154 valence electrons. The van der Waals surface area contributed by atoms with Crippen LogP contribution in [-0.4, -0.2) is 29.5 Å². The molecule has 2 amide bonds. The third-order valence-electron chi connectivity index (χ3n) is 5.59. The largest absolute Gasteiger partial charge is 0.361 e. The van der Waals surface area contributed by atoms with Crippen LogP contribution in [0.15, 0.2) is 72.2 Å². The number of aromatic amines is 1. The van der Waals surface area contributed by atoms with E-state index in [0.717, 1.165) is 16.5 Å². The SMILES string of the molecule is CC(c1ccc(F)cc1)N(C)C(=O)NCC(c1cccs1)c1c[nH]c2ccccc12. The van der Waals surface area contributed by atoms with Crippen molar-refractivity contribution in [2.24, 2.45) is 0 Å². The number of H-pyrrole nitrogens is 1. The third kappa shape index (κ3) is 4.09. The lowest BCUT2D eigenvalue weighted by molar-refractivity contribution is 0.194. The minimum absolute atomic E-state index is 0.0552. The van der Waals surface area contributed by atoms with Crippen LogP contribution >= 0.6 is 11.3 Å². The van der Waals surface area contributed by atoms with E-state index >= 15 is 0 Å². The number of nitrogens with one attached hydrogen (secondary N) is 2. The smallest absolute Gasteiger partial charge is 0.317 e. The van der Waals surface area contributed by atoms with Crippen molar-refractivity contribution in [2.45, 2.75) is 18.9 Å². The molecule has 0 aliphatic carbocycles. The summed E-state index contributed by atoms with van der Waals surface area (Å²) in [5, 5.41) is 6.31. The number of halogens is 1. The van der Waals surface area contributed by atoms with E-state index in [1.54, 1.807) is 35.4 Å². The number of amides is 2. The van der Waals surface area contributed by atoms with Gasteiger partial charge in [-0.15, -0.1) is 11.3 Å². The monoisotopic (exact) mass is 421 g/mol. The molecule has 2 aromatic carbocycles. The summed E-state index contributed by atoms with van der Waals surface area (Å²) in [6, 6.07) is 18.3. The number of hydrogen-bond donors (Lipinski definition) is 2. The highest BCUT2D eigenvalue weighted by molar-refractivity contribution is 7.10. The molecular formula is C24H24FN3OS. The number of thiophene rings is 1. The van der Waals surface area contributed by atoms with Crippen LogP contribution in [0.1, 0.15) is 34.9 Å². The zero-order valence-corrected chi connectivity index (χ0v) is 17.7. The maximum absolute atomic E-state index is 13.2. The van der Waals surface area contributed by atoms with Crippen molar-refractivity contribution < 1.29 is 9.18 Å². The Morgan fingerprint density at radius 2 is 1.90 bits per heavy atom. The molecule has 0 spiro atoms. The van der Waals surface area contributed by atoms with Crippen molar-refractivity contribution in [1.29, 1.82) is 0 Å². The van der Waals surface area contributed by atoms with Crippen molar-refractivity contribution in [3.63, 3.8) is 0 Å². The van der Waals surface area contributed by atoms with E-state index in [0.29, 0.717) is 6.54 Å². The molecule has 0 aliphatic heterocycles. The third-order valence-corrected chi connectivity index (χ3v) is 6.58. The standard InChI is InChI=1S/C24H24FN3OS/c1-16(17-9-11-18(25)12-10-17)28(2)24(29)27-15-21(23-8-5-13-30-23)20-14-26-22-7-4-3-6-19(20)22/h3-14,16,21,26H,15H2,1-2H3,(H,27,29). The Balaban J connectivity index is 1.51. The zero-order chi connectivity index (χ0) is 21.1. The summed E-state index contributed by atoms with van der Waals surface area (Å²) in [5.41, 5.74) is 3.14. The van der Waals surface area contributed by atoms with Gasteiger partial charge in [-0.25, -0.2) is 9.18 Å². The second-order valence-electron chi connectivity index (χ2n) is 7.38. The summed E-state index contributed by atoms with van der Waals surface area (Å²) in [6.45, 7) is 2.42. The van der Waals surface area contributed by atoms with Crippen molar-refractivity contribution in [1.82, 2.24) is 15.2 Å². The number of nitrogens with zero attached hydrogens (tertiary/aromatic N) is 1. The number of rotatable bonds is 6. The summed E-state index contributed by atoms with van der Waals surface area (Å²) in [5.74, 6) is -0.227. The number of hydrogen-bond acceptors (Lipinski definition) is 2. The van der Waals surface area contributed by atoms with Crippen LogP contribution in [0.3, 0.4) is 0 Å². The van der Waals surface area contributed by atoms with Gasteiger partial charge in [-0.05, 0) is 47.7 Å². The fourth-order valence-electron chi connectivity index (χ4n) is 3.69. The zero-order valence-electron chi connectivity index (χ0n) is 16.9. The quantitative estimate of drug-likeness (QED) is 0.400. The summed E-state index contributed by atoms with van der Waals surface area (Å²) < 4.78 is 13.2. The van der Waals surface area contributed by atoms with Crippen LogP contribution in [0, 0.1) is 5.82 Å². The van der Waals surface area contributed by atoms with Gasteiger partial charge in [0.1, 0.15) is 5.82 Å². The van der Waals surface area contributed by atoms with E-state index in [9.17, 15) is 9.18 Å². The number of carbonyl (C=O) groups is 1. The average Bonchev–Trinajstić information content (AvgIpc) is 3.44. The van der Waals surface area contributed by atoms with Gasteiger partial charge < -0.3 is 15.2 Å². The molecule has 4 nitrogen and oxygen atoms in total. The first-order valence-corrected chi connectivity index (χ1v) is 10.8. The fourth-order valence-corrected chi connectivity index (χ4v) is 4.54. The molecule has 4 rings (SSSR count). The highest BCUT2D eigenvalue weighted by Crippen LogP contribution is 2.33.